The molecule has 1 heterocycles. The second-order valence-corrected chi connectivity index (χ2v) is 7.71. The van der Waals surface area contributed by atoms with Crippen molar-refractivity contribution in [2.75, 3.05) is 0 Å². The summed E-state index contributed by atoms with van der Waals surface area (Å²) in [5.41, 5.74) is 2.61. The van der Waals surface area contributed by atoms with E-state index in [1.807, 2.05) is 0 Å². The zero-order valence-corrected chi connectivity index (χ0v) is 17.5. The Morgan fingerprint density at radius 3 is 2.27 bits per heavy atom. The summed E-state index contributed by atoms with van der Waals surface area (Å²) in [6.07, 6.45) is 1.76. The van der Waals surface area contributed by atoms with Gasteiger partial charge in [0, 0.05) is 15.6 Å². The normalized spacial score (nSPS) is 13.8. The predicted octanol–water partition coefficient (Wildman–Crippen LogP) is 6.07. The summed E-state index contributed by atoms with van der Waals surface area (Å²) in [4.78, 5) is 25.0. The van der Waals surface area contributed by atoms with E-state index < -0.39 is 5.97 Å². The Morgan fingerprint density at radius 2 is 1.60 bits per heavy atom. The van der Waals surface area contributed by atoms with Gasteiger partial charge < -0.3 is 9.47 Å². The molecule has 0 unspecified atom stereocenters. The van der Waals surface area contributed by atoms with Gasteiger partial charge in [-0.15, -0.1) is 0 Å². The van der Waals surface area contributed by atoms with Crippen LogP contribution in [0.4, 0.5) is 0 Å². The van der Waals surface area contributed by atoms with Crippen molar-refractivity contribution in [3.05, 3.63) is 98.7 Å². The molecule has 3 aromatic rings. The first-order chi connectivity index (χ1) is 14.4. The SMILES string of the molecule is Cc1c(OC(=O)Cc2ccc(Cl)cc2)ccc2c1O/C(=C\c1ccc(Cl)cc1)C2=O. The maximum Gasteiger partial charge on any atom is 0.315 e. The third-order valence-electron chi connectivity index (χ3n) is 4.69. The Kier molecular flexibility index (Phi) is 5.62. The lowest BCUT2D eigenvalue weighted by Crippen LogP contribution is -2.12. The van der Waals surface area contributed by atoms with Gasteiger partial charge >= 0.3 is 5.97 Å². The molecule has 0 atom stereocenters. The van der Waals surface area contributed by atoms with Gasteiger partial charge in [0.15, 0.2) is 5.76 Å². The number of ketones is 1. The molecule has 0 radical (unpaired) electrons. The highest BCUT2D eigenvalue weighted by atomic mass is 35.5. The third kappa shape index (κ3) is 4.25. The zero-order valence-electron chi connectivity index (χ0n) is 15.9. The van der Waals surface area contributed by atoms with E-state index in [1.165, 1.54) is 0 Å². The van der Waals surface area contributed by atoms with Crippen LogP contribution in [0.1, 0.15) is 27.0 Å². The highest BCUT2D eigenvalue weighted by molar-refractivity contribution is 6.30. The molecule has 6 heteroatoms. The highest BCUT2D eigenvalue weighted by Crippen LogP contribution is 2.39. The van der Waals surface area contributed by atoms with E-state index in [0.717, 1.165) is 11.1 Å². The minimum absolute atomic E-state index is 0.106. The van der Waals surface area contributed by atoms with E-state index in [9.17, 15) is 9.59 Å². The number of carbonyl (C=O) groups is 2. The second kappa shape index (κ2) is 8.34. The van der Waals surface area contributed by atoms with E-state index >= 15 is 0 Å². The number of halogens is 2. The van der Waals surface area contributed by atoms with Gasteiger partial charge in [0.05, 0.1) is 12.0 Å². The van der Waals surface area contributed by atoms with Crippen LogP contribution in [0.3, 0.4) is 0 Å². The molecule has 1 aliphatic heterocycles. The molecule has 0 aliphatic carbocycles. The van der Waals surface area contributed by atoms with E-state index in [2.05, 4.69) is 0 Å². The number of esters is 1. The van der Waals surface area contributed by atoms with Crippen LogP contribution < -0.4 is 9.47 Å². The lowest BCUT2D eigenvalue weighted by Gasteiger charge is -2.10. The molecule has 0 bridgehead atoms. The van der Waals surface area contributed by atoms with Crippen LogP contribution in [0, 0.1) is 6.92 Å². The fourth-order valence-corrected chi connectivity index (χ4v) is 3.37. The predicted molar refractivity (Wildman–Crippen MR) is 116 cm³/mol. The average Bonchev–Trinajstić information content (AvgIpc) is 3.04. The Morgan fingerprint density at radius 1 is 0.967 bits per heavy atom. The van der Waals surface area contributed by atoms with Crippen molar-refractivity contribution in [1.82, 2.24) is 0 Å². The summed E-state index contributed by atoms with van der Waals surface area (Å²) in [6, 6.07) is 17.3. The molecule has 0 N–H and O–H groups in total. The molecular formula is C24H16Cl2O4. The molecular weight excluding hydrogens is 423 g/mol. The van der Waals surface area contributed by atoms with E-state index in [1.54, 1.807) is 73.7 Å². The first-order valence-electron chi connectivity index (χ1n) is 9.19. The largest absolute Gasteiger partial charge is 0.452 e. The van der Waals surface area contributed by atoms with Gasteiger partial charge in [-0.25, -0.2) is 0 Å². The standard InChI is InChI=1S/C24H16Cl2O4/c1-14-20(29-22(27)13-16-4-8-18(26)9-5-16)11-10-19-23(28)21(30-24(14)19)12-15-2-6-17(25)7-3-15/h2-12H,13H2,1H3/b21-12-. The maximum absolute atomic E-state index is 12.7. The molecule has 0 saturated carbocycles. The van der Waals surface area contributed by atoms with Gasteiger partial charge in [0.1, 0.15) is 11.5 Å². The van der Waals surface area contributed by atoms with Gasteiger partial charge in [-0.05, 0) is 60.5 Å². The Bertz CT molecular complexity index is 1160. The summed E-state index contributed by atoms with van der Waals surface area (Å²) in [6.45, 7) is 1.75. The van der Waals surface area contributed by atoms with Gasteiger partial charge in [-0.1, -0.05) is 47.5 Å². The van der Waals surface area contributed by atoms with Crippen molar-refractivity contribution in [2.24, 2.45) is 0 Å². The summed E-state index contributed by atoms with van der Waals surface area (Å²) in [5, 5.41) is 1.21. The summed E-state index contributed by atoms with van der Waals surface area (Å²) >= 11 is 11.8. The Hall–Kier alpha value is -3.08. The van der Waals surface area contributed by atoms with Crippen LogP contribution in [0.5, 0.6) is 11.5 Å². The molecule has 4 rings (SSSR count). The molecule has 0 aromatic heterocycles. The Labute approximate surface area is 183 Å². The molecule has 150 valence electrons. The second-order valence-electron chi connectivity index (χ2n) is 6.83. The number of benzene rings is 3. The summed E-state index contributed by atoms with van der Waals surface area (Å²) in [7, 11) is 0. The number of rotatable bonds is 4. The van der Waals surface area contributed by atoms with Crippen LogP contribution in [-0.4, -0.2) is 11.8 Å². The molecule has 3 aromatic carbocycles. The topological polar surface area (TPSA) is 52.6 Å². The number of hydrogen-bond acceptors (Lipinski definition) is 4. The van der Waals surface area contributed by atoms with Crippen LogP contribution >= 0.6 is 23.2 Å². The first-order valence-corrected chi connectivity index (χ1v) is 9.95. The molecule has 0 spiro atoms. The monoisotopic (exact) mass is 438 g/mol. The van der Waals surface area contributed by atoms with Crippen LogP contribution in [0.15, 0.2) is 66.4 Å². The fraction of sp³-hybridized carbons (Fsp3) is 0.0833. The van der Waals surface area contributed by atoms with Crippen molar-refractivity contribution >= 4 is 41.0 Å². The van der Waals surface area contributed by atoms with E-state index in [4.69, 9.17) is 32.7 Å². The number of Topliss-reactive ketones (excluding diaryl/α,β-unsaturated/α-hetero) is 1. The first kappa shape index (κ1) is 20.2. The quantitative estimate of drug-likeness (QED) is 0.282. The van der Waals surface area contributed by atoms with Gasteiger partial charge in [0.25, 0.3) is 0 Å². The molecule has 0 fully saturated rings. The number of ether oxygens (including phenoxy) is 2. The molecule has 0 saturated heterocycles. The molecule has 0 amide bonds. The van der Waals surface area contributed by atoms with Gasteiger partial charge in [-0.3, -0.25) is 9.59 Å². The summed E-state index contributed by atoms with van der Waals surface area (Å²) in [5.74, 6) is 0.328. The number of hydrogen-bond donors (Lipinski definition) is 0. The number of allylic oxidation sites excluding steroid dienone is 1. The van der Waals surface area contributed by atoms with Crippen molar-refractivity contribution in [1.29, 1.82) is 0 Å². The van der Waals surface area contributed by atoms with Gasteiger partial charge in [0.2, 0.25) is 5.78 Å². The lowest BCUT2D eigenvalue weighted by atomic mass is 10.1. The molecule has 4 nitrogen and oxygen atoms in total. The minimum atomic E-state index is -0.415. The fourth-order valence-electron chi connectivity index (χ4n) is 3.12. The molecule has 30 heavy (non-hydrogen) atoms. The smallest absolute Gasteiger partial charge is 0.315 e. The third-order valence-corrected chi connectivity index (χ3v) is 5.19. The van der Waals surface area contributed by atoms with Crippen molar-refractivity contribution in [2.45, 2.75) is 13.3 Å². The van der Waals surface area contributed by atoms with Crippen molar-refractivity contribution in [3.8, 4) is 11.5 Å². The van der Waals surface area contributed by atoms with Crippen LogP contribution in [0.25, 0.3) is 6.08 Å². The maximum atomic E-state index is 12.7. The van der Waals surface area contributed by atoms with E-state index in [-0.39, 0.29) is 18.0 Å². The molecule has 1 aliphatic rings. The Balaban J connectivity index is 1.53. The zero-order chi connectivity index (χ0) is 21.3. The van der Waals surface area contributed by atoms with Gasteiger partial charge in [-0.2, -0.15) is 0 Å². The van der Waals surface area contributed by atoms with Crippen LogP contribution in [0.2, 0.25) is 10.0 Å². The number of carbonyl (C=O) groups excluding carboxylic acids is 2. The van der Waals surface area contributed by atoms with Crippen LogP contribution in [-0.2, 0) is 11.2 Å². The minimum Gasteiger partial charge on any atom is -0.452 e. The van der Waals surface area contributed by atoms with Crippen molar-refractivity contribution in [3.63, 3.8) is 0 Å². The van der Waals surface area contributed by atoms with Crippen molar-refractivity contribution < 1.29 is 19.1 Å². The average molecular weight is 439 g/mol. The summed E-state index contributed by atoms with van der Waals surface area (Å²) < 4.78 is 11.3. The lowest BCUT2D eigenvalue weighted by molar-refractivity contribution is -0.133. The van der Waals surface area contributed by atoms with E-state index in [0.29, 0.717) is 32.7 Å². The number of fused-ring (bicyclic) bond motifs is 1. The highest BCUT2D eigenvalue weighted by Gasteiger charge is 2.30.